The Bertz CT molecular complexity index is 551. The first-order valence-electron chi connectivity index (χ1n) is 5.22. The molecule has 0 bridgehead atoms. The lowest BCUT2D eigenvalue weighted by atomic mass is 10.0. The Morgan fingerprint density at radius 3 is 2.56 bits per heavy atom. The van der Waals surface area contributed by atoms with Crippen LogP contribution in [0.5, 0.6) is 0 Å². The molecular weight excluding hydrogens is 306 g/mol. The first kappa shape index (κ1) is 13.1. The molecule has 0 aliphatic heterocycles. The van der Waals surface area contributed by atoms with Gasteiger partial charge in [0, 0.05) is 7.05 Å². The van der Waals surface area contributed by atoms with Crippen molar-refractivity contribution in [3.63, 3.8) is 0 Å². The minimum Gasteiger partial charge on any atom is -0.308 e. The van der Waals surface area contributed by atoms with Gasteiger partial charge in [-0.2, -0.15) is 0 Å². The van der Waals surface area contributed by atoms with Gasteiger partial charge in [-0.25, -0.2) is 13.5 Å². The highest BCUT2D eigenvalue weighted by Gasteiger charge is 2.21. The van der Waals surface area contributed by atoms with E-state index in [-0.39, 0.29) is 6.04 Å². The summed E-state index contributed by atoms with van der Waals surface area (Å²) in [5, 5.41) is 10.8. The summed E-state index contributed by atoms with van der Waals surface area (Å²) >= 11 is 3.29. The van der Waals surface area contributed by atoms with Crippen LogP contribution in [-0.2, 0) is 7.05 Å². The van der Waals surface area contributed by atoms with Crippen LogP contribution in [-0.4, -0.2) is 22.0 Å². The van der Waals surface area contributed by atoms with Crippen molar-refractivity contribution in [2.24, 2.45) is 7.05 Å². The van der Waals surface area contributed by atoms with Gasteiger partial charge >= 0.3 is 0 Å². The molecule has 1 N–H and O–H groups in total. The highest BCUT2D eigenvalue weighted by molar-refractivity contribution is 9.10. The standard InChI is InChI=1S/C11H11BrF2N4/c1-15-9(10-11(12)16-17-18(10)2)6-3-4-7(13)8(14)5-6/h3-5,9,15H,1-2H3. The van der Waals surface area contributed by atoms with E-state index in [9.17, 15) is 8.78 Å². The fraction of sp³-hybridized carbons (Fsp3) is 0.273. The quantitative estimate of drug-likeness (QED) is 0.943. The third-order valence-corrected chi connectivity index (χ3v) is 3.23. The second-order valence-electron chi connectivity index (χ2n) is 3.78. The monoisotopic (exact) mass is 316 g/mol. The molecule has 0 fully saturated rings. The van der Waals surface area contributed by atoms with Crippen molar-refractivity contribution >= 4 is 15.9 Å². The molecule has 1 unspecified atom stereocenters. The Morgan fingerprint density at radius 2 is 2.06 bits per heavy atom. The zero-order valence-corrected chi connectivity index (χ0v) is 11.4. The predicted molar refractivity (Wildman–Crippen MR) is 66.0 cm³/mol. The first-order valence-corrected chi connectivity index (χ1v) is 6.01. The van der Waals surface area contributed by atoms with Crippen LogP contribution < -0.4 is 5.32 Å². The lowest BCUT2D eigenvalue weighted by molar-refractivity contribution is 0.503. The topological polar surface area (TPSA) is 42.7 Å². The second kappa shape index (κ2) is 5.11. The van der Waals surface area contributed by atoms with Crippen LogP contribution in [0.25, 0.3) is 0 Å². The van der Waals surface area contributed by atoms with E-state index in [0.29, 0.717) is 10.2 Å². The summed E-state index contributed by atoms with van der Waals surface area (Å²) in [7, 11) is 3.46. The molecule has 2 aromatic rings. The summed E-state index contributed by atoms with van der Waals surface area (Å²) < 4.78 is 28.3. The van der Waals surface area contributed by atoms with E-state index in [1.54, 1.807) is 18.8 Å². The van der Waals surface area contributed by atoms with E-state index in [1.807, 2.05) is 0 Å². The van der Waals surface area contributed by atoms with Crippen molar-refractivity contribution in [2.75, 3.05) is 7.05 Å². The number of aromatic nitrogens is 3. The highest BCUT2D eigenvalue weighted by atomic mass is 79.9. The maximum Gasteiger partial charge on any atom is 0.159 e. The Balaban J connectivity index is 2.48. The number of halogens is 3. The van der Waals surface area contributed by atoms with Crippen LogP contribution >= 0.6 is 15.9 Å². The van der Waals surface area contributed by atoms with Crippen LogP contribution in [0.2, 0.25) is 0 Å². The third-order valence-electron chi connectivity index (χ3n) is 2.67. The van der Waals surface area contributed by atoms with Gasteiger partial charge in [-0.15, -0.1) is 5.10 Å². The summed E-state index contributed by atoms with van der Waals surface area (Å²) in [6.45, 7) is 0. The lowest BCUT2D eigenvalue weighted by Gasteiger charge is -2.17. The van der Waals surface area contributed by atoms with Gasteiger partial charge in [-0.05, 0) is 40.7 Å². The summed E-state index contributed by atoms with van der Waals surface area (Å²) in [5.41, 5.74) is 1.34. The fourth-order valence-electron chi connectivity index (χ4n) is 1.80. The maximum absolute atomic E-state index is 13.3. The highest BCUT2D eigenvalue weighted by Crippen LogP contribution is 2.27. The average molecular weight is 317 g/mol. The molecule has 7 heteroatoms. The van der Waals surface area contributed by atoms with Gasteiger partial charge in [0.1, 0.15) is 0 Å². The first-order chi connectivity index (χ1) is 8.54. The second-order valence-corrected chi connectivity index (χ2v) is 4.54. The minimum atomic E-state index is -0.876. The Labute approximate surface area is 111 Å². The zero-order valence-electron chi connectivity index (χ0n) is 9.78. The van der Waals surface area contributed by atoms with Gasteiger partial charge in [-0.3, -0.25) is 0 Å². The summed E-state index contributed by atoms with van der Waals surface area (Å²) in [4.78, 5) is 0. The summed E-state index contributed by atoms with van der Waals surface area (Å²) in [6, 6.07) is 3.47. The third kappa shape index (κ3) is 2.28. The molecular formula is C11H11BrF2N4. The molecule has 0 aliphatic rings. The summed E-state index contributed by atoms with van der Waals surface area (Å²) in [5.74, 6) is -1.74. The number of rotatable bonds is 3. The molecule has 1 aromatic carbocycles. The van der Waals surface area contributed by atoms with Crippen LogP contribution in [0.1, 0.15) is 17.3 Å². The number of benzene rings is 1. The molecule has 0 spiro atoms. The summed E-state index contributed by atoms with van der Waals surface area (Å²) in [6.07, 6.45) is 0. The van der Waals surface area contributed by atoms with Crippen LogP contribution in [0, 0.1) is 11.6 Å². The zero-order chi connectivity index (χ0) is 13.3. The molecule has 4 nitrogen and oxygen atoms in total. The van der Waals surface area contributed by atoms with Crippen LogP contribution in [0.4, 0.5) is 8.78 Å². The smallest absolute Gasteiger partial charge is 0.159 e. The Hall–Kier alpha value is -1.34. The Morgan fingerprint density at radius 1 is 1.33 bits per heavy atom. The van der Waals surface area contributed by atoms with Gasteiger partial charge < -0.3 is 5.32 Å². The van der Waals surface area contributed by atoms with Crippen molar-refractivity contribution in [3.05, 3.63) is 45.7 Å². The molecule has 18 heavy (non-hydrogen) atoms. The van der Waals surface area contributed by atoms with E-state index < -0.39 is 11.6 Å². The largest absolute Gasteiger partial charge is 0.308 e. The van der Waals surface area contributed by atoms with E-state index in [1.165, 1.54) is 6.07 Å². The van der Waals surface area contributed by atoms with E-state index >= 15 is 0 Å². The number of nitrogens with zero attached hydrogens (tertiary/aromatic N) is 3. The number of aryl methyl sites for hydroxylation is 1. The van der Waals surface area contributed by atoms with Gasteiger partial charge in [0.15, 0.2) is 16.2 Å². The van der Waals surface area contributed by atoms with E-state index in [4.69, 9.17) is 0 Å². The molecule has 0 saturated heterocycles. The Kier molecular flexibility index (Phi) is 3.72. The molecule has 0 aliphatic carbocycles. The van der Waals surface area contributed by atoms with Crippen molar-refractivity contribution in [1.29, 1.82) is 0 Å². The molecule has 96 valence electrons. The molecule has 1 aromatic heterocycles. The van der Waals surface area contributed by atoms with Crippen LogP contribution in [0.15, 0.2) is 22.8 Å². The molecule has 1 heterocycles. The normalized spacial score (nSPS) is 12.7. The minimum absolute atomic E-state index is 0.325. The van der Waals surface area contributed by atoms with Gasteiger partial charge in [-0.1, -0.05) is 11.3 Å². The molecule has 1 atom stereocenters. The average Bonchev–Trinajstić information content (AvgIpc) is 2.66. The molecule has 2 rings (SSSR count). The fourth-order valence-corrected chi connectivity index (χ4v) is 2.35. The van der Waals surface area contributed by atoms with Crippen LogP contribution in [0.3, 0.4) is 0 Å². The molecule has 0 amide bonds. The molecule has 0 saturated carbocycles. The number of nitrogens with one attached hydrogen (secondary N) is 1. The van der Waals surface area contributed by atoms with Gasteiger partial charge in [0.25, 0.3) is 0 Å². The predicted octanol–water partition coefficient (Wildman–Crippen LogP) is 2.16. The van der Waals surface area contributed by atoms with E-state index in [2.05, 4.69) is 31.6 Å². The van der Waals surface area contributed by atoms with Crippen molar-refractivity contribution in [2.45, 2.75) is 6.04 Å². The van der Waals surface area contributed by atoms with Gasteiger partial charge in [0.05, 0.1) is 11.7 Å². The van der Waals surface area contributed by atoms with Gasteiger partial charge in [0.2, 0.25) is 0 Å². The number of hydrogen-bond acceptors (Lipinski definition) is 3. The number of hydrogen-bond donors (Lipinski definition) is 1. The van der Waals surface area contributed by atoms with Crippen molar-refractivity contribution in [3.8, 4) is 0 Å². The van der Waals surface area contributed by atoms with Crippen molar-refractivity contribution < 1.29 is 8.78 Å². The SMILES string of the molecule is CNC(c1ccc(F)c(F)c1)c1c(Br)nnn1C. The maximum atomic E-state index is 13.3. The molecule has 0 radical (unpaired) electrons. The lowest BCUT2D eigenvalue weighted by Crippen LogP contribution is -2.21. The van der Waals surface area contributed by atoms with Crippen molar-refractivity contribution in [1.82, 2.24) is 20.3 Å². The van der Waals surface area contributed by atoms with E-state index in [0.717, 1.165) is 17.8 Å².